The van der Waals surface area contributed by atoms with Gasteiger partial charge in [0, 0.05) is 33.7 Å². The van der Waals surface area contributed by atoms with Crippen LogP contribution in [0.1, 0.15) is 85.8 Å². The van der Waals surface area contributed by atoms with E-state index < -0.39 is 45.8 Å². The van der Waals surface area contributed by atoms with Crippen molar-refractivity contribution in [2.45, 2.75) is 103 Å². The SMILES string of the molecule is CC.CCCCN(CC#N)C(=O)C(CN(C)C1CCCN(C(C)c2cccc(S(=O)(=O)N(C)C)c2)C1=O)NC(=O)OC(C)(C)C. The Labute approximate surface area is 270 Å². The molecule has 2 rings (SSSR count). The summed E-state index contributed by atoms with van der Waals surface area (Å²) >= 11 is 0. The normalized spacial score (nSPS) is 16.7. The molecule has 0 saturated carbocycles. The van der Waals surface area contributed by atoms with Gasteiger partial charge < -0.3 is 19.9 Å². The molecule has 0 aliphatic carbocycles. The number of nitrogens with zero attached hydrogens (tertiary/aromatic N) is 5. The van der Waals surface area contributed by atoms with Crippen molar-refractivity contribution in [3.63, 3.8) is 0 Å². The number of unbranched alkanes of at least 4 members (excludes halogenated alkanes) is 1. The van der Waals surface area contributed by atoms with E-state index in [4.69, 9.17) is 4.74 Å². The Kier molecular flexibility index (Phi) is 16.0. The van der Waals surface area contributed by atoms with Crippen LogP contribution in [0.4, 0.5) is 4.79 Å². The van der Waals surface area contributed by atoms with Crippen molar-refractivity contribution in [1.82, 2.24) is 24.3 Å². The largest absolute Gasteiger partial charge is 0.444 e. The van der Waals surface area contributed by atoms with E-state index in [1.54, 1.807) is 55.8 Å². The lowest BCUT2D eigenvalue weighted by Gasteiger charge is -2.41. The van der Waals surface area contributed by atoms with Crippen molar-refractivity contribution in [1.29, 1.82) is 5.26 Å². The minimum absolute atomic E-state index is 0.0291. The van der Waals surface area contributed by atoms with Gasteiger partial charge in [0.2, 0.25) is 21.8 Å². The summed E-state index contributed by atoms with van der Waals surface area (Å²) in [7, 11) is 1.04. The molecule has 0 bridgehead atoms. The summed E-state index contributed by atoms with van der Waals surface area (Å²) in [6.45, 7) is 13.8. The molecule has 1 N–H and O–H groups in total. The van der Waals surface area contributed by atoms with Gasteiger partial charge in [0.15, 0.2) is 0 Å². The third kappa shape index (κ3) is 11.6. The second kappa shape index (κ2) is 18.1. The predicted octanol–water partition coefficient (Wildman–Crippen LogP) is 3.99. The van der Waals surface area contributed by atoms with E-state index in [1.807, 2.05) is 33.8 Å². The fraction of sp³-hybridized carbons (Fsp3) is 0.688. The molecule has 0 aromatic heterocycles. The number of likely N-dealkylation sites (tertiary alicyclic amines) is 1. The molecule has 1 aliphatic rings. The van der Waals surface area contributed by atoms with Crippen molar-refractivity contribution in [3.05, 3.63) is 29.8 Å². The van der Waals surface area contributed by atoms with E-state index in [1.165, 1.54) is 25.1 Å². The molecule has 3 unspecified atom stereocenters. The number of hydrogen-bond donors (Lipinski definition) is 1. The fourth-order valence-corrected chi connectivity index (χ4v) is 5.93. The Morgan fingerprint density at radius 1 is 1.20 bits per heavy atom. The number of alkyl carbamates (subject to hydrolysis) is 1. The van der Waals surface area contributed by atoms with Crippen molar-refractivity contribution >= 4 is 27.9 Å². The van der Waals surface area contributed by atoms with Gasteiger partial charge in [0.1, 0.15) is 18.2 Å². The van der Waals surface area contributed by atoms with Crippen LogP contribution < -0.4 is 5.32 Å². The first-order valence-electron chi connectivity index (χ1n) is 15.7. The lowest BCUT2D eigenvalue weighted by molar-refractivity contribution is -0.143. The average molecular weight is 651 g/mol. The molecule has 1 aromatic rings. The Morgan fingerprint density at radius 2 is 1.84 bits per heavy atom. The van der Waals surface area contributed by atoms with E-state index in [0.717, 1.165) is 10.7 Å². The zero-order valence-electron chi connectivity index (χ0n) is 28.8. The highest BCUT2D eigenvalue weighted by atomic mass is 32.2. The second-order valence-electron chi connectivity index (χ2n) is 12.1. The molecule has 13 heteroatoms. The van der Waals surface area contributed by atoms with E-state index in [2.05, 4.69) is 5.32 Å². The number of piperidine rings is 1. The number of carbonyl (C=O) groups is 3. The van der Waals surface area contributed by atoms with Crippen LogP contribution in [0.3, 0.4) is 0 Å². The van der Waals surface area contributed by atoms with Gasteiger partial charge in [-0.05, 0) is 71.7 Å². The lowest BCUT2D eigenvalue weighted by atomic mass is 9.98. The zero-order chi connectivity index (χ0) is 34.5. The number of benzene rings is 1. The van der Waals surface area contributed by atoms with E-state index >= 15 is 0 Å². The predicted molar refractivity (Wildman–Crippen MR) is 175 cm³/mol. The summed E-state index contributed by atoms with van der Waals surface area (Å²) in [5.74, 6) is -0.564. The zero-order valence-corrected chi connectivity index (χ0v) is 29.6. The maximum Gasteiger partial charge on any atom is 0.408 e. The van der Waals surface area contributed by atoms with Crippen molar-refractivity contribution < 1.29 is 27.5 Å². The number of nitrogens with one attached hydrogen (secondary N) is 1. The van der Waals surface area contributed by atoms with Crippen molar-refractivity contribution in [3.8, 4) is 6.07 Å². The molecular formula is C32H54N6O6S. The first-order valence-corrected chi connectivity index (χ1v) is 17.2. The highest BCUT2D eigenvalue weighted by molar-refractivity contribution is 7.89. The van der Waals surface area contributed by atoms with E-state index in [9.17, 15) is 28.1 Å². The molecule has 0 spiro atoms. The number of hydrogen-bond acceptors (Lipinski definition) is 8. The molecule has 12 nitrogen and oxygen atoms in total. The minimum Gasteiger partial charge on any atom is -0.444 e. The average Bonchev–Trinajstić information content (AvgIpc) is 2.98. The smallest absolute Gasteiger partial charge is 0.408 e. The monoisotopic (exact) mass is 650 g/mol. The van der Waals surface area contributed by atoms with Crippen LogP contribution in [0, 0.1) is 11.3 Å². The van der Waals surface area contributed by atoms with Gasteiger partial charge >= 0.3 is 6.09 Å². The number of sulfonamides is 1. The molecule has 3 amide bonds. The van der Waals surface area contributed by atoms with Gasteiger partial charge in [-0.15, -0.1) is 0 Å². The van der Waals surface area contributed by atoms with Gasteiger partial charge in [-0.1, -0.05) is 39.3 Å². The topological polar surface area (TPSA) is 143 Å². The molecule has 254 valence electrons. The van der Waals surface area contributed by atoms with Crippen molar-refractivity contribution in [2.24, 2.45) is 0 Å². The third-order valence-corrected chi connectivity index (χ3v) is 9.19. The number of rotatable bonds is 13. The van der Waals surface area contributed by atoms with Crippen LogP contribution in [0.25, 0.3) is 0 Å². The number of ether oxygens (including phenoxy) is 1. The molecule has 3 atom stereocenters. The molecule has 0 radical (unpaired) electrons. The lowest BCUT2D eigenvalue weighted by Crippen LogP contribution is -2.58. The number of nitriles is 1. The van der Waals surface area contributed by atoms with Gasteiger partial charge in [-0.25, -0.2) is 17.5 Å². The summed E-state index contributed by atoms with van der Waals surface area (Å²) in [6.07, 6.45) is 2.03. The van der Waals surface area contributed by atoms with Crippen LogP contribution in [0.5, 0.6) is 0 Å². The standard InChI is InChI=1S/C30H48N6O6S.C2H6/c1-9-10-17-35(19-16-31)27(37)25(32-29(39)42-30(3,4)5)21-34(8)26-15-12-18-36(28(26)38)22(2)23-13-11-14-24(20-23)43(40,41)33(6)7;1-2/h11,13-14,20,22,25-26H,9-10,12,15,17-19,21H2,1-8H3,(H,32,39);1-2H3. The molecule has 1 saturated heterocycles. The van der Waals surface area contributed by atoms with E-state index in [0.29, 0.717) is 37.9 Å². The van der Waals surface area contributed by atoms with Crippen LogP contribution in [0.15, 0.2) is 29.2 Å². The van der Waals surface area contributed by atoms with Gasteiger partial charge in [0.25, 0.3) is 0 Å². The highest BCUT2D eigenvalue weighted by Gasteiger charge is 2.37. The maximum absolute atomic E-state index is 13.8. The number of carbonyl (C=O) groups excluding carboxylic acids is 3. The first-order chi connectivity index (χ1) is 21.0. The Bertz CT molecular complexity index is 1270. The van der Waals surface area contributed by atoms with Gasteiger partial charge in [-0.2, -0.15) is 5.26 Å². The number of likely N-dealkylation sites (N-methyl/N-ethyl adjacent to an activating group) is 1. The Morgan fingerprint density at radius 3 is 2.40 bits per heavy atom. The minimum atomic E-state index is -3.64. The Balaban J connectivity index is 0.00000496. The molecule has 1 heterocycles. The number of amides is 3. The summed E-state index contributed by atoms with van der Waals surface area (Å²) in [5, 5.41) is 12.0. The second-order valence-corrected chi connectivity index (χ2v) is 14.3. The highest BCUT2D eigenvalue weighted by Crippen LogP contribution is 2.29. The molecule has 1 aliphatic heterocycles. The molecule has 1 fully saturated rings. The maximum atomic E-state index is 13.8. The first kappa shape index (κ1) is 39.8. The van der Waals surface area contributed by atoms with Crippen LogP contribution in [-0.2, 0) is 24.3 Å². The molecular weight excluding hydrogens is 596 g/mol. The summed E-state index contributed by atoms with van der Waals surface area (Å²) < 4.78 is 32.0. The van der Waals surface area contributed by atoms with E-state index in [-0.39, 0.29) is 23.9 Å². The Hall–Kier alpha value is -3.21. The summed E-state index contributed by atoms with van der Waals surface area (Å²) in [5.41, 5.74) is -0.0839. The van der Waals surface area contributed by atoms with Crippen LogP contribution >= 0.6 is 0 Å². The van der Waals surface area contributed by atoms with Crippen LogP contribution in [0.2, 0.25) is 0 Å². The summed E-state index contributed by atoms with van der Waals surface area (Å²) in [6, 6.07) is 6.63. The van der Waals surface area contributed by atoms with Crippen molar-refractivity contribution in [2.75, 3.05) is 47.3 Å². The third-order valence-electron chi connectivity index (χ3n) is 7.38. The molecule has 1 aromatic carbocycles. The van der Waals surface area contributed by atoms with Crippen LogP contribution in [-0.4, -0.2) is 110 Å². The summed E-state index contributed by atoms with van der Waals surface area (Å²) in [4.78, 5) is 45.2. The van der Waals surface area contributed by atoms with Gasteiger partial charge in [0.05, 0.1) is 23.0 Å². The fourth-order valence-electron chi connectivity index (χ4n) is 4.97. The quantitative estimate of drug-likeness (QED) is 0.316. The van der Waals surface area contributed by atoms with Gasteiger partial charge in [-0.3, -0.25) is 14.5 Å². The molecule has 45 heavy (non-hydrogen) atoms.